The first-order chi connectivity index (χ1) is 11.3. The van der Waals surface area contributed by atoms with Crippen molar-refractivity contribution in [2.75, 3.05) is 10.6 Å². The number of rotatable bonds is 4. The number of halogens is 4. The van der Waals surface area contributed by atoms with Gasteiger partial charge in [-0.05, 0) is 29.8 Å². The van der Waals surface area contributed by atoms with Crippen LogP contribution in [0.4, 0.5) is 28.9 Å². The third kappa shape index (κ3) is 4.80. The summed E-state index contributed by atoms with van der Waals surface area (Å²) in [6, 6.07) is 10.7. The van der Waals surface area contributed by atoms with Crippen molar-refractivity contribution in [1.82, 2.24) is 0 Å². The topological polar surface area (TPSA) is 58.2 Å². The first-order valence-corrected chi connectivity index (χ1v) is 6.77. The number of hydrogen-bond donors (Lipinski definition) is 2. The van der Waals surface area contributed by atoms with Crippen LogP contribution in [0.5, 0.6) is 0 Å². The molecule has 2 rings (SSSR count). The van der Waals surface area contributed by atoms with E-state index < -0.39 is 23.8 Å². The molecule has 0 atom stereocenters. The Morgan fingerprint density at radius 3 is 1.96 bits per heavy atom. The maximum absolute atomic E-state index is 12.8. The molecule has 24 heavy (non-hydrogen) atoms. The molecule has 0 aromatic heterocycles. The van der Waals surface area contributed by atoms with Gasteiger partial charge in [-0.25, -0.2) is 4.39 Å². The summed E-state index contributed by atoms with van der Waals surface area (Å²) in [7, 11) is 0. The highest BCUT2D eigenvalue weighted by atomic mass is 19.4. The number of para-hydroxylation sites is 2. The lowest BCUT2D eigenvalue weighted by atomic mass is 10.1. The Morgan fingerprint density at radius 1 is 0.875 bits per heavy atom. The zero-order valence-corrected chi connectivity index (χ0v) is 12.2. The van der Waals surface area contributed by atoms with Gasteiger partial charge in [-0.1, -0.05) is 24.3 Å². The summed E-state index contributed by atoms with van der Waals surface area (Å²) >= 11 is 0. The molecular weight excluding hydrogens is 328 g/mol. The first-order valence-electron chi connectivity index (χ1n) is 6.77. The van der Waals surface area contributed by atoms with Gasteiger partial charge in [0.15, 0.2) is 0 Å². The number of nitrogens with one attached hydrogen (secondary N) is 2. The Kier molecular flexibility index (Phi) is 5.18. The van der Waals surface area contributed by atoms with Gasteiger partial charge in [0.2, 0.25) is 5.91 Å². The van der Waals surface area contributed by atoms with E-state index >= 15 is 0 Å². The molecule has 0 saturated carbocycles. The van der Waals surface area contributed by atoms with Crippen LogP contribution in [0.3, 0.4) is 0 Å². The molecule has 4 nitrogen and oxygen atoms in total. The fourth-order valence-electron chi connectivity index (χ4n) is 1.88. The van der Waals surface area contributed by atoms with Gasteiger partial charge in [-0.3, -0.25) is 9.59 Å². The van der Waals surface area contributed by atoms with Crippen LogP contribution in [0, 0.1) is 5.82 Å². The van der Waals surface area contributed by atoms with Crippen LogP contribution in [0.1, 0.15) is 5.56 Å². The molecule has 2 aromatic carbocycles. The van der Waals surface area contributed by atoms with Gasteiger partial charge in [-0.2, -0.15) is 13.2 Å². The Morgan fingerprint density at radius 2 is 1.42 bits per heavy atom. The average molecular weight is 340 g/mol. The molecule has 0 spiro atoms. The third-order valence-corrected chi connectivity index (χ3v) is 2.98. The molecule has 0 aliphatic heterocycles. The maximum atomic E-state index is 12.8. The quantitative estimate of drug-likeness (QED) is 0.837. The Bertz CT molecular complexity index is 742. The number of carbonyl (C=O) groups is 2. The Labute approximate surface area is 134 Å². The van der Waals surface area contributed by atoms with Gasteiger partial charge >= 0.3 is 12.1 Å². The van der Waals surface area contributed by atoms with Gasteiger partial charge in [-0.15, -0.1) is 0 Å². The van der Waals surface area contributed by atoms with Crippen LogP contribution >= 0.6 is 0 Å². The number of amides is 2. The van der Waals surface area contributed by atoms with E-state index in [1.165, 1.54) is 48.5 Å². The van der Waals surface area contributed by atoms with Crippen molar-refractivity contribution in [3.05, 3.63) is 59.9 Å². The summed E-state index contributed by atoms with van der Waals surface area (Å²) in [5.41, 5.74) is 0.389. The zero-order valence-electron chi connectivity index (χ0n) is 12.2. The normalized spacial score (nSPS) is 11.0. The van der Waals surface area contributed by atoms with Crippen molar-refractivity contribution in [1.29, 1.82) is 0 Å². The molecular formula is C16H12F4N2O2. The minimum absolute atomic E-state index is 0.0298. The fourth-order valence-corrected chi connectivity index (χ4v) is 1.88. The largest absolute Gasteiger partial charge is 0.471 e. The fraction of sp³-hybridized carbons (Fsp3) is 0.125. The van der Waals surface area contributed by atoms with Crippen LogP contribution in [-0.4, -0.2) is 18.0 Å². The van der Waals surface area contributed by atoms with Crippen LogP contribution < -0.4 is 10.6 Å². The molecule has 0 fully saturated rings. The molecule has 2 N–H and O–H groups in total. The van der Waals surface area contributed by atoms with E-state index in [1.807, 2.05) is 0 Å². The highest BCUT2D eigenvalue weighted by Crippen LogP contribution is 2.24. The van der Waals surface area contributed by atoms with Crippen LogP contribution in [0.15, 0.2) is 48.5 Å². The monoisotopic (exact) mass is 340 g/mol. The number of hydrogen-bond acceptors (Lipinski definition) is 2. The highest BCUT2D eigenvalue weighted by Gasteiger charge is 2.39. The number of anilines is 2. The van der Waals surface area contributed by atoms with Gasteiger partial charge in [0.05, 0.1) is 17.8 Å². The standard InChI is InChI=1S/C16H12F4N2O2/c17-11-7-5-10(6-8-11)9-14(23)21-12-3-1-2-4-13(12)22-15(24)16(18,19)20/h1-8H,9H2,(H,21,23)(H,22,24). The van der Waals surface area contributed by atoms with Crippen molar-refractivity contribution in [2.45, 2.75) is 12.6 Å². The SMILES string of the molecule is O=C(Cc1ccc(F)cc1)Nc1ccccc1NC(=O)C(F)(F)F. The first kappa shape index (κ1) is 17.5. The number of benzene rings is 2. The molecule has 8 heteroatoms. The summed E-state index contributed by atoms with van der Waals surface area (Å²) in [5.74, 6) is -3.10. The van der Waals surface area contributed by atoms with Crippen LogP contribution in [-0.2, 0) is 16.0 Å². The minimum Gasteiger partial charge on any atom is -0.324 e. The molecule has 0 bridgehead atoms. The van der Waals surface area contributed by atoms with Crippen molar-refractivity contribution in [3.8, 4) is 0 Å². The highest BCUT2D eigenvalue weighted by molar-refractivity contribution is 6.01. The van der Waals surface area contributed by atoms with E-state index in [2.05, 4.69) is 5.32 Å². The van der Waals surface area contributed by atoms with E-state index in [0.29, 0.717) is 5.56 Å². The van der Waals surface area contributed by atoms with Gasteiger partial charge in [0, 0.05) is 0 Å². The summed E-state index contributed by atoms with van der Waals surface area (Å²) in [6.07, 6.45) is -5.13. The Balaban J connectivity index is 2.08. The summed E-state index contributed by atoms with van der Waals surface area (Å²) < 4.78 is 49.8. The van der Waals surface area contributed by atoms with E-state index in [0.717, 1.165) is 0 Å². The predicted octanol–water partition coefficient (Wildman–Crippen LogP) is 3.51. The van der Waals surface area contributed by atoms with Crippen molar-refractivity contribution < 1.29 is 27.2 Å². The van der Waals surface area contributed by atoms with Gasteiger partial charge in [0.1, 0.15) is 5.82 Å². The second kappa shape index (κ2) is 7.12. The molecule has 0 heterocycles. The van der Waals surface area contributed by atoms with Gasteiger partial charge in [0.25, 0.3) is 0 Å². The van der Waals surface area contributed by atoms with E-state index in [9.17, 15) is 27.2 Å². The smallest absolute Gasteiger partial charge is 0.324 e. The maximum Gasteiger partial charge on any atom is 0.471 e. The minimum atomic E-state index is -5.04. The molecule has 0 unspecified atom stereocenters. The summed E-state index contributed by atoms with van der Waals surface area (Å²) in [5, 5.41) is 4.11. The molecule has 0 aliphatic rings. The van der Waals surface area contributed by atoms with E-state index in [-0.39, 0.29) is 17.8 Å². The van der Waals surface area contributed by atoms with Crippen LogP contribution in [0.2, 0.25) is 0 Å². The average Bonchev–Trinajstić information content (AvgIpc) is 2.50. The van der Waals surface area contributed by atoms with Crippen molar-refractivity contribution in [3.63, 3.8) is 0 Å². The van der Waals surface area contributed by atoms with E-state index in [4.69, 9.17) is 0 Å². The van der Waals surface area contributed by atoms with Gasteiger partial charge < -0.3 is 10.6 Å². The molecule has 2 aromatic rings. The Hall–Kier alpha value is -2.90. The molecule has 0 radical (unpaired) electrons. The summed E-state index contributed by atoms with van der Waals surface area (Å²) in [4.78, 5) is 23.0. The second-order valence-corrected chi connectivity index (χ2v) is 4.85. The van der Waals surface area contributed by atoms with Crippen LogP contribution in [0.25, 0.3) is 0 Å². The lowest BCUT2D eigenvalue weighted by Crippen LogP contribution is -2.30. The molecule has 0 aliphatic carbocycles. The zero-order chi connectivity index (χ0) is 17.7. The lowest BCUT2D eigenvalue weighted by Gasteiger charge is -2.13. The van der Waals surface area contributed by atoms with E-state index in [1.54, 1.807) is 5.32 Å². The number of carbonyl (C=O) groups excluding carboxylic acids is 2. The third-order valence-electron chi connectivity index (χ3n) is 2.98. The second-order valence-electron chi connectivity index (χ2n) is 4.85. The molecule has 2 amide bonds. The van der Waals surface area contributed by atoms with Crippen molar-refractivity contribution in [2.24, 2.45) is 0 Å². The predicted molar refractivity (Wildman–Crippen MR) is 79.9 cm³/mol. The molecule has 0 saturated heterocycles. The summed E-state index contributed by atoms with van der Waals surface area (Å²) in [6.45, 7) is 0. The number of alkyl halides is 3. The molecule has 126 valence electrons. The van der Waals surface area contributed by atoms with Crippen molar-refractivity contribution >= 4 is 23.2 Å². The lowest BCUT2D eigenvalue weighted by molar-refractivity contribution is -0.167.